The Hall–Kier alpha value is -5.60. The summed E-state index contributed by atoms with van der Waals surface area (Å²) in [6.07, 6.45) is -6.65. The first-order valence-electron chi connectivity index (χ1n) is 14.9. The number of ketones is 2. The van der Waals surface area contributed by atoms with Crippen LogP contribution in [0.4, 0.5) is 26.3 Å². The number of fused-ring (bicyclic) bond motifs is 2. The van der Waals surface area contributed by atoms with Gasteiger partial charge < -0.3 is 18.6 Å². The Labute approximate surface area is 299 Å². The van der Waals surface area contributed by atoms with E-state index in [1.807, 2.05) is 0 Å². The molecule has 0 aliphatic rings. The lowest BCUT2D eigenvalue weighted by Crippen LogP contribution is -2.15. The van der Waals surface area contributed by atoms with Crippen LogP contribution >= 0.6 is 23.2 Å². The van der Waals surface area contributed by atoms with E-state index in [0.717, 1.165) is 30.3 Å². The molecule has 2 aromatic carbocycles. The predicted octanol–water partition coefficient (Wildman–Crippen LogP) is 9.56. The summed E-state index contributed by atoms with van der Waals surface area (Å²) in [6, 6.07) is 17.8. The molecule has 8 nitrogen and oxygen atoms in total. The minimum absolute atomic E-state index is 0.0846. The number of aromatic nitrogens is 2. The van der Waals surface area contributed by atoms with Crippen LogP contribution in [0, 0.1) is 0 Å². The zero-order chi connectivity index (χ0) is 38.1. The summed E-state index contributed by atoms with van der Waals surface area (Å²) < 4.78 is 87.3. The van der Waals surface area contributed by atoms with Crippen LogP contribution in [-0.4, -0.2) is 44.0 Å². The van der Waals surface area contributed by atoms with Crippen LogP contribution in [0.25, 0.3) is 11.0 Å². The molecule has 0 saturated carbocycles. The van der Waals surface area contributed by atoms with Gasteiger partial charge in [-0.05, 0) is 67.6 Å². The lowest BCUT2D eigenvalue weighted by atomic mass is 10.0. The molecular formula is C36H22Cl2F6N2O6. The van der Waals surface area contributed by atoms with Gasteiger partial charge in [0.2, 0.25) is 11.6 Å². The van der Waals surface area contributed by atoms with E-state index in [-0.39, 0.29) is 44.7 Å². The van der Waals surface area contributed by atoms with Gasteiger partial charge in [-0.3, -0.25) is 9.59 Å². The Kier molecular flexibility index (Phi) is 10.5. The van der Waals surface area contributed by atoms with Gasteiger partial charge in [0.05, 0.1) is 72.5 Å². The Morgan fingerprint density at radius 2 is 1.08 bits per heavy atom. The van der Waals surface area contributed by atoms with E-state index in [4.69, 9.17) is 27.9 Å². The quantitative estimate of drug-likeness (QED) is 0.0987. The molecule has 0 bridgehead atoms. The molecule has 4 aromatic heterocycles. The third-order valence-electron chi connectivity index (χ3n) is 7.64. The molecule has 1 N–H and O–H groups in total. The Morgan fingerprint density at radius 3 is 1.48 bits per heavy atom. The standard InChI is InChI=1S/C19H13ClF3NO3.C17H9ClF3NO3/c1-2-27-18(26)11-10-15(24-9-4-3-8-14(11)24)17(25)16-12(19(21,22)23)6-5-7-13(16)20;18-11-5-3-4-10(17(19,20)21)14(11)15(23)13-8-9(16(24)25)12-6-1-2-7-22(12)13/h3-10H,2H2,1H3;1-8H,(H,24,25). The fraction of sp³-hybridized carbons (Fsp3) is 0.111. The first kappa shape index (κ1) is 37.7. The molecule has 6 rings (SSSR count). The average Bonchev–Trinajstić information content (AvgIpc) is 3.67. The largest absolute Gasteiger partial charge is 0.478 e. The van der Waals surface area contributed by atoms with Gasteiger partial charge in [-0.25, -0.2) is 9.59 Å². The summed E-state index contributed by atoms with van der Waals surface area (Å²) >= 11 is 11.8. The highest BCUT2D eigenvalue weighted by atomic mass is 35.5. The van der Waals surface area contributed by atoms with Crippen LogP contribution < -0.4 is 0 Å². The number of aromatic carboxylic acids is 1. The number of alkyl halides is 6. The Balaban J connectivity index is 0.000000202. The number of esters is 1. The van der Waals surface area contributed by atoms with Crippen molar-refractivity contribution in [2.24, 2.45) is 0 Å². The number of hydrogen-bond acceptors (Lipinski definition) is 5. The second kappa shape index (κ2) is 14.6. The number of carbonyl (C=O) groups is 4. The monoisotopic (exact) mass is 762 g/mol. The van der Waals surface area contributed by atoms with E-state index in [9.17, 15) is 50.6 Å². The van der Waals surface area contributed by atoms with Crippen LogP contribution in [0.3, 0.4) is 0 Å². The normalized spacial score (nSPS) is 11.6. The van der Waals surface area contributed by atoms with Crippen molar-refractivity contribution < 1.29 is 55.4 Å². The Morgan fingerprint density at radius 1 is 0.654 bits per heavy atom. The molecule has 0 aliphatic heterocycles. The van der Waals surface area contributed by atoms with E-state index in [0.29, 0.717) is 5.52 Å². The van der Waals surface area contributed by atoms with Crippen LogP contribution in [0.1, 0.15) is 70.9 Å². The maximum absolute atomic E-state index is 13.4. The number of benzene rings is 2. The van der Waals surface area contributed by atoms with E-state index in [2.05, 4.69) is 0 Å². The highest BCUT2D eigenvalue weighted by molar-refractivity contribution is 6.36. The van der Waals surface area contributed by atoms with E-state index >= 15 is 0 Å². The molecule has 0 atom stereocenters. The van der Waals surface area contributed by atoms with Gasteiger partial charge in [0.1, 0.15) is 0 Å². The highest BCUT2D eigenvalue weighted by Crippen LogP contribution is 2.38. The van der Waals surface area contributed by atoms with Crippen molar-refractivity contribution >= 4 is 57.7 Å². The fourth-order valence-electron chi connectivity index (χ4n) is 5.44. The number of ether oxygens (including phenoxy) is 1. The summed E-state index contributed by atoms with van der Waals surface area (Å²) in [7, 11) is 0. The summed E-state index contributed by atoms with van der Waals surface area (Å²) in [5.74, 6) is -3.91. The number of pyridine rings is 2. The second-order valence-corrected chi connectivity index (χ2v) is 11.6. The van der Waals surface area contributed by atoms with Crippen molar-refractivity contribution in [3.8, 4) is 0 Å². The molecule has 0 radical (unpaired) electrons. The van der Waals surface area contributed by atoms with Crippen molar-refractivity contribution in [2.75, 3.05) is 6.61 Å². The van der Waals surface area contributed by atoms with Gasteiger partial charge in [0.15, 0.2) is 0 Å². The van der Waals surface area contributed by atoms with Crippen LogP contribution in [0.5, 0.6) is 0 Å². The third-order valence-corrected chi connectivity index (χ3v) is 8.27. The lowest BCUT2D eigenvalue weighted by Gasteiger charge is -2.13. The first-order chi connectivity index (χ1) is 24.5. The van der Waals surface area contributed by atoms with Crippen molar-refractivity contribution in [3.05, 3.63) is 152 Å². The number of rotatable bonds is 7. The van der Waals surface area contributed by atoms with Gasteiger partial charge in [0, 0.05) is 12.4 Å². The van der Waals surface area contributed by atoms with Gasteiger partial charge in [0.25, 0.3) is 0 Å². The van der Waals surface area contributed by atoms with E-state index < -0.39 is 58.1 Å². The van der Waals surface area contributed by atoms with Crippen molar-refractivity contribution in [2.45, 2.75) is 19.3 Å². The number of carbonyl (C=O) groups excluding carboxylic acids is 3. The van der Waals surface area contributed by atoms with Gasteiger partial charge in [-0.2, -0.15) is 26.3 Å². The zero-order valence-electron chi connectivity index (χ0n) is 26.4. The third kappa shape index (κ3) is 7.25. The lowest BCUT2D eigenvalue weighted by molar-refractivity contribution is -0.138. The fourth-order valence-corrected chi connectivity index (χ4v) is 5.96. The van der Waals surface area contributed by atoms with Gasteiger partial charge in [-0.1, -0.05) is 47.5 Å². The molecule has 6 aromatic rings. The molecule has 268 valence electrons. The maximum atomic E-state index is 13.4. The SMILES string of the molecule is CCOC(=O)c1cc(C(=O)c2c(Cl)cccc2C(F)(F)F)n2ccccc12.O=C(O)c1cc(C(=O)c2c(Cl)cccc2C(F)(F)F)n2ccccc12. The summed E-state index contributed by atoms with van der Waals surface area (Å²) in [6.45, 7) is 1.75. The van der Waals surface area contributed by atoms with E-state index in [1.54, 1.807) is 31.2 Å². The second-order valence-electron chi connectivity index (χ2n) is 10.8. The van der Waals surface area contributed by atoms with Crippen LogP contribution in [0.2, 0.25) is 10.0 Å². The molecule has 52 heavy (non-hydrogen) atoms. The summed E-state index contributed by atoms with van der Waals surface area (Å²) in [5.41, 5.74) is -3.58. The molecule has 0 amide bonds. The number of carboxylic acids is 1. The van der Waals surface area contributed by atoms with Gasteiger partial charge >= 0.3 is 24.3 Å². The highest BCUT2D eigenvalue weighted by Gasteiger charge is 2.38. The molecule has 0 aliphatic carbocycles. The minimum atomic E-state index is -4.78. The average molecular weight is 763 g/mol. The first-order valence-corrected chi connectivity index (χ1v) is 15.6. The maximum Gasteiger partial charge on any atom is 0.417 e. The van der Waals surface area contributed by atoms with Gasteiger partial charge in [-0.15, -0.1) is 0 Å². The smallest absolute Gasteiger partial charge is 0.417 e. The molecule has 0 spiro atoms. The molecular weight excluding hydrogens is 741 g/mol. The number of carboxylic acid groups (broad SMARTS) is 1. The van der Waals surface area contributed by atoms with Crippen molar-refractivity contribution in [3.63, 3.8) is 0 Å². The zero-order valence-corrected chi connectivity index (χ0v) is 27.9. The Bertz CT molecular complexity index is 2380. The molecule has 0 fully saturated rings. The number of halogens is 8. The van der Waals surface area contributed by atoms with Crippen LogP contribution in [-0.2, 0) is 17.1 Å². The predicted molar refractivity (Wildman–Crippen MR) is 177 cm³/mol. The number of hydrogen-bond donors (Lipinski definition) is 1. The van der Waals surface area contributed by atoms with Crippen molar-refractivity contribution in [1.82, 2.24) is 8.80 Å². The van der Waals surface area contributed by atoms with Crippen LogP contribution in [0.15, 0.2) is 97.3 Å². The summed E-state index contributed by atoms with van der Waals surface area (Å²) in [4.78, 5) is 49.3. The minimum Gasteiger partial charge on any atom is -0.478 e. The topological polar surface area (TPSA) is 107 Å². The molecule has 4 heterocycles. The molecule has 0 saturated heterocycles. The summed E-state index contributed by atoms with van der Waals surface area (Å²) in [5, 5.41) is 8.58. The molecule has 16 heteroatoms. The number of nitrogens with zero attached hydrogens (tertiary/aromatic N) is 2. The molecule has 0 unspecified atom stereocenters. The van der Waals surface area contributed by atoms with Crippen molar-refractivity contribution in [1.29, 1.82) is 0 Å². The van der Waals surface area contributed by atoms with E-state index in [1.165, 1.54) is 51.5 Å².